The van der Waals surface area contributed by atoms with Crippen molar-refractivity contribution in [2.24, 2.45) is 0 Å². The van der Waals surface area contributed by atoms with Crippen molar-refractivity contribution in [2.45, 2.75) is 65.2 Å². The van der Waals surface area contributed by atoms with Crippen LogP contribution in [0.5, 0.6) is 0 Å². The molecule has 0 aliphatic carbocycles. The van der Waals surface area contributed by atoms with E-state index in [-0.39, 0.29) is 17.0 Å². The summed E-state index contributed by atoms with van der Waals surface area (Å²) in [5.41, 5.74) is 0. The highest BCUT2D eigenvalue weighted by molar-refractivity contribution is 5.65. The van der Waals surface area contributed by atoms with Crippen LogP contribution in [0.2, 0.25) is 0 Å². The topological polar surface area (TPSA) is 7.45 Å². The highest BCUT2D eigenvalue weighted by Gasteiger charge is 2.27. The monoisotopic (exact) mass is 319 g/mol. The Kier molecular flexibility index (Phi) is 11.0. The highest BCUT2D eigenvalue weighted by Crippen LogP contribution is 2.07. The summed E-state index contributed by atoms with van der Waals surface area (Å²) < 4.78 is 2.40. The number of rotatable bonds is 9. The van der Waals surface area contributed by atoms with Gasteiger partial charge in [-0.3, -0.25) is 0 Å². The van der Waals surface area contributed by atoms with Crippen molar-refractivity contribution in [1.82, 2.24) is 0 Å². The van der Waals surface area contributed by atoms with Gasteiger partial charge in [0.25, 0.3) is 0 Å². The third-order valence-electron chi connectivity index (χ3n) is 4.17. The van der Waals surface area contributed by atoms with Crippen LogP contribution < -0.4 is 21.9 Å². The van der Waals surface area contributed by atoms with Crippen LogP contribution in [0.15, 0.2) is 0 Å². The quantitative estimate of drug-likeness (QED) is 0.416. The molecule has 18 heavy (non-hydrogen) atoms. The number of unbranched alkanes of at least 4 members (excludes halogenated alkanes) is 7. The second kappa shape index (κ2) is 11.0. The Morgan fingerprint density at radius 2 is 1.56 bits per heavy atom. The first kappa shape index (κ1) is 18.1. The van der Waals surface area contributed by atoms with E-state index in [0.717, 1.165) is 0 Å². The first-order valence-corrected chi connectivity index (χ1v) is 7.65. The van der Waals surface area contributed by atoms with Crippen molar-refractivity contribution in [3.8, 4) is 0 Å². The van der Waals surface area contributed by atoms with Crippen LogP contribution in [0, 0.1) is 0 Å². The Morgan fingerprint density at radius 3 is 2.06 bits per heavy atom. The van der Waals surface area contributed by atoms with Gasteiger partial charge in [-0.15, -0.1) is 0 Å². The van der Waals surface area contributed by atoms with Gasteiger partial charge >= 0.3 is 5.84 Å². The maximum absolute atomic E-state index is 2.40. The van der Waals surface area contributed by atoms with Crippen LogP contribution in [0.25, 0.3) is 0 Å². The first-order valence-electron chi connectivity index (χ1n) is 7.65. The number of nitrogens with zero attached hydrogens (tertiary/aromatic N) is 1. The predicted octanol–water partition coefficient (Wildman–Crippen LogP) is -0.910. The van der Waals surface area contributed by atoms with Crippen LogP contribution in [-0.2, 0) is 0 Å². The average molecular weight is 320 g/mol. The Bertz CT molecular complexity index is 239. The van der Waals surface area contributed by atoms with E-state index in [1.54, 1.807) is 10.7 Å². The SMILES string of the molecule is CCCCCCCCCC[NH+]1CC[N+](C)=C1C.[Br-]. The molecule has 0 saturated heterocycles. The molecule has 0 aromatic rings. The molecule has 0 fully saturated rings. The van der Waals surface area contributed by atoms with Gasteiger partial charge < -0.3 is 17.0 Å². The van der Waals surface area contributed by atoms with Crippen LogP contribution in [0.1, 0.15) is 65.2 Å². The van der Waals surface area contributed by atoms with Gasteiger partial charge in [0, 0.05) is 0 Å². The number of amidine groups is 1. The van der Waals surface area contributed by atoms with E-state index in [2.05, 4.69) is 25.5 Å². The largest absolute Gasteiger partial charge is 1.00 e. The summed E-state index contributed by atoms with van der Waals surface area (Å²) in [5.74, 6) is 1.55. The Hall–Kier alpha value is 0.110. The molecule has 108 valence electrons. The van der Waals surface area contributed by atoms with Crippen LogP contribution in [0.4, 0.5) is 0 Å². The van der Waals surface area contributed by atoms with E-state index in [1.807, 2.05) is 0 Å². The highest BCUT2D eigenvalue weighted by atomic mass is 79.9. The average Bonchev–Trinajstić information content (AvgIpc) is 2.64. The van der Waals surface area contributed by atoms with Gasteiger partial charge in [0.15, 0.2) is 6.54 Å². The second-order valence-corrected chi connectivity index (χ2v) is 5.59. The smallest absolute Gasteiger partial charge is 0.333 e. The maximum Gasteiger partial charge on any atom is 0.333 e. The molecular weight excluding hydrogens is 288 g/mol. The molecule has 2 nitrogen and oxygen atoms in total. The fraction of sp³-hybridized carbons (Fsp3) is 0.933. The number of halogens is 1. The number of hydrogen-bond acceptors (Lipinski definition) is 0. The van der Waals surface area contributed by atoms with Gasteiger partial charge in [0.1, 0.15) is 13.6 Å². The Balaban J connectivity index is 0.00000289. The van der Waals surface area contributed by atoms with Gasteiger partial charge in [0.2, 0.25) is 0 Å². The standard InChI is InChI=1S/C15H31N2.BrH/c1-4-5-6-7-8-9-10-11-12-17-14-13-16(3)15(17)2;/h4-14H2,1-3H3;1H/q+1;. The predicted molar refractivity (Wildman–Crippen MR) is 75.0 cm³/mol. The molecule has 0 saturated carbocycles. The molecule has 0 aromatic heterocycles. The van der Waals surface area contributed by atoms with Crippen molar-refractivity contribution in [1.29, 1.82) is 0 Å². The minimum Gasteiger partial charge on any atom is -1.00 e. The van der Waals surface area contributed by atoms with Crippen molar-refractivity contribution < 1.29 is 26.5 Å². The number of likely N-dealkylation sites (N-methyl/N-ethyl adjacent to an activating group) is 1. The molecule has 0 amide bonds. The molecule has 0 radical (unpaired) electrons. The van der Waals surface area contributed by atoms with Crippen molar-refractivity contribution >= 4 is 5.84 Å². The molecule has 1 aliphatic rings. The summed E-state index contributed by atoms with van der Waals surface area (Å²) in [6, 6.07) is 0. The molecule has 1 aliphatic heterocycles. The molecule has 0 bridgehead atoms. The van der Waals surface area contributed by atoms with Gasteiger partial charge in [-0.25, -0.2) is 4.90 Å². The van der Waals surface area contributed by atoms with Crippen molar-refractivity contribution in [3.05, 3.63) is 0 Å². The van der Waals surface area contributed by atoms with Gasteiger partial charge in [0.05, 0.1) is 13.5 Å². The van der Waals surface area contributed by atoms with Gasteiger partial charge in [-0.2, -0.15) is 4.58 Å². The van der Waals surface area contributed by atoms with E-state index in [4.69, 9.17) is 0 Å². The molecule has 0 aromatic carbocycles. The summed E-state index contributed by atoms with van der Waals surface area (Å²) in [4.78, 5) is 1.72. The molecule has 1 rings (SSSR count). The summed E-state index contributed by atoms with van der Waals surface area (Å²) in [5, 5.41) is 0. The third-order valence-corrected chi connectivity index (χ3v) is 4.17. The lowest BCUT2D eigenvalue weighted by Crippen LogP contribution is -3.13. The molecule has 1 unspecified atom stereocenters. The van der Waals surface area contributed by atoms with Crippen molar-refractivity contribution in [2.75, 3.05) is 26.7 Å². The maximum atomic E-state index is 2.40. The summed E-state index contributed by atoms with van der Waals surface area (Å²) in [6.45, 7) is 8.49. The normalized spacial score (nSPS) is 19.2. The Morgan fingerprint density at radius 1 is 1.00 bits per heavy atom. The van der Waals surface area contributed by atoms with E-state index < -0.39 is 0 Å². The fourth-order valence-corrected chi connectivity index (χ4v) is 2.70. The summed E-state index contributed by atoms with van der Waals surface area (Å²) in [6.07, 6.45) is 11.5. The van der Waals surface area contributed by atoms with Crippen molar-refractivity contribution in [3.63, 3.8) is 0 Å². The third kappa shape index (κ3) is 6.89. The molecule has 1 atom stereocenters. The zero-order valence-electron chi connectivity index (χ0n) is 12.6. The van der Waals surface area contributed by atoms with Crippen LogP contribution in [0.3, 0.4) is 0 Å². The zero-order chi connectivity index (χ0) is 12.5. The van der Waals surface area contributed by atoms with Gasteiger partial charge in [-0.1, -0.05) is 45.4 Å². The summed E-state index contributed by atoms with van der Waals surface area (Å²) >= 11 is 0. The van der Waals surface area contributed by atoms with E-state index in [1.165, 1.54) is 71.0 Å². The lowest BCUT2D eigenvalue weighted by atomic mass is 10.1. The van der Waals surface area contributed by atoms with E-state index in [9.17, 15) is 0 Å². The number of hydrogen-bond donors (Lipinski definition) is 1. The minimum atomic E-state index is 0. The van der Waals surface area contributed by atoms with Crippen LogP contribution in [-0.4, -0.2) is 37.1 Å². The molecular formula is C15H32BrN2+. The van der Waals surface area contributed by atoms with E-state index in [0.29, 0.717) is 0 Å². The number of nitrogens with one attached hydrogen (secondary N) is 1. The molecule has 0 spiro atoms. The first-order chi connectivity index (χ1) is 8.25. The number of quaternary nitrogens is 1. The lowest BCUT2D eigenvalue weighted by molar-refractivity contribution is -0.802. The summed E-state index contributed by atoms with van der Waals surface area (Å²) in [7, 11) is 2.22. The fourth-order valence-electron chi connectivity index (χ4n) is 2.70. The second-order valence-electron chi connectivity index (χ2n) is 5.59. The zero-order valence-corrected chi connectivity index (χ0v) is 14.2. The Labute approximate surface area is 124 Å². The lowest BCUT2D eigenvalue weighted by Gasteiger charge is -2.08. The van der Waals surface area contributed by atoms with E-state index >= 15 is 0 Å². The molecule has 1 heterocycles. The minimum absolute atomic E-state index is 0. The van der Waals surface area contributed by atoms with Gasteiger partial charge in [-0.05, 0) is 12.8 Å². The molecule has 3 heteroatoms. The molecule has 1 N–H and O–H groups in total. The van der Waals surface area contributed by atoms with Crippen LogP contribution >= 0.6 is 0 Å².